The van der Waals surface area contributed by atoms with Crippen LogP contribution in [0.25, 0.3) is 11.0 Å². The fourth-order valence-electron chi connectivity index (χ4n) is 1.65. The standard InChI is InChI=1S/C12H10O4/c1-2-8-10(12(14)15)11(13)7-5-3-4-6-9(7)16-8/h3-6H,2H2,1H3,(H,14,15). The normalized spacial score (nSPS) is 10.6. The van der Waals surface area contributed by atoms with E-state index < -0.39 is 11.4 Å². The predicted octanol–water partition coefficient (Wildman–Crippen LogP) is 2.05. The van der Waals surface area contributed by atoms with Crippen LogP contribution in [0, 0.1) is 0 Å². The van der Waals surface area contributed by atoms with Crippen molar-refractivity contribution in [1.82, 2.24) is 0 Å². The largest absolute Gasteiger partial charge is 0.477 e. The molecule has 82 valence electrons. The Hall–Kier alpha value is -2.10. The van der Waals surface area contributed by atoms with Crippen LogP contribution in [0.15, 0.2) is 33.5 Å². The van der Waals surface area contributed by atoms with Crippen molar-refractivity contribution in [2.45, 2.75) is 13.3 Å². The zero-order valence-corrected chi connectivity index (χ0v) is 8.69. The van der Waals surface area contributed by atoms with Gasteiger partial charge in [-0.05, 0) is 12.1 Å². The third-order valence-electron chi connectivity index (χ3n) is 2.41. The summed E-state index contributed by atoms with van der Waals surface area (Å²) in [4.78, 5) is 22.9. The maximum Gasteiger partial charge on any atom is 0.343 e. The number of carbonyl (C=O) groups is 1. The average Bonchev–Trinajstić information content (AvgIpc) is 2.28. The first-order valence-corrected chi connectivity index (χ1v) is 4.93. The number of benzene rings is 1. The van der Waals surface area contributed by atoms with Gasteiger partial charge in [-0.2, -0.15) is 0 Å². The molecule has 0 saturated heterocycles. The van der Waals surface area contributed by atoms with Crippen LogP contribution >= 0.6 is 0 Å². The SMILES string of the molecule is CCc1oc2ccccc2c(=O)c1C(=O)O. The lowest BCUT2D eigenvalue weighted by molar-refractivity contribution is 0.0691. The van der Waals surface area contributed by atoms with Crippen molar-refractivity contribution in [3.63, 3.8) is 0 Å². The van der Waals surface area contributed by atoms with E-state index in [0.717, 1.165) is 0 Å². The van der Waals surface area contributed by atoms with Crippen LogP contribution in [0.2, 0.25) is 0 Å². The highest BCUT2D eigenvalue weighted by Gasteiger charge is 2.18. The zero-order valence-electron chi connectivity index (χ0n) is 8.69. The number of carboxylic acid groups (broad SMARTS) is 1. The molecule has 2 aromatic rings. The van der Waals surface area contributed by atoms with Crippen LogP contribution < -0.4 is 5.43 Å². The zero-order chi connectivity index (χ0) is 11.7. The average molecular weight is 218 g/mol. The molecular weight excluding hydrogens is 208 g/mol. The third kappa shape index (κ3) is 1.48. The fourth-order valence-corrected chi connectivity index (χ4v) is 1.65. The molecule has 1 aromatic carbocycles. The lowest BCUT2D eigenvalue weighted by Crippen LogP contribution is -2.17. The summed E-state index contributed by atoms with van der Waals surface area (Å²) in [5.41, 5.74) is -0.318. The van der Waals surface area contributed by atoms with Crippen LogP contribution in [-0.2, 0) is 6.42 Å². The van der Waals surface area contributed by atoms with Crippen LogP contribution in [0.3, 0.4) is 0 Å². The van der Waals surface area contributed by atoms with Crippen LogP contribution in [0.1, 0.15) is 23.0 Å². The number of aryl methyl sites for hydroxylation is 1. The highest BCUT2D eigenvalue weighted by molar-refractivity contribution is 5.92. The monoisotopic (exact) mass is 218 g/mol. The van der Waals surface area contributed by atoms with Crippen molar-refractivity contribution in [3.05, 3.63) is 45.8 Å². The highest BCUT2D eigenvalue weighted by Crippen LogP contribution is 2.15. The minimum atomic E-state index is -1.24. The number of aromatic carboxylic acids is 1. The van der Waals surface area contributed by atoms with Gasteiger partial charge in [0.1, 0.15) is 16.9 Å². The van der Waals surface area contributed by atoms with Gasteiger partial charge in [0.2, 0.25) is 5.43 Å². The van der Waals surface area contributed by atoms with E-state index in [0.29, 0.717) is 17.4 Å². The van der Waals surface area contributed by atoms with Gasteiger partial charge in [-0.15, -0.1) is 0 Å². The fraction of sp³-hybridized carbons (Fsp3) is 0.167. The van der Waals surface area contributed by atoms with E-state index in [1.807, 2.05) is 0 Å². The Balaban J connectivity index is 2.94. The molecule has 4 heteroatoms. The number of hydrogen-bond acceptors (Lipinski definition) is 3. The number of hydrogen-bond donors (Lipinski definition) is 1. The summed E-state index contributed by atoms with van der Waals surface area (Å²) in [6.45, 7) is 1.75. The van der Waals surface area contributed by atoms with Gasteiger partial charge in [0, 0.05) is 6.42 Å². The summed E-state index contributed by atoms with van der Waals surface area (Å²) >= 11 is 0. The molecule has 1 N–H and O–H groups in total. The molecule has 0 saturated carbocycles. The minimum Gasteiger partial charge on any atom is -0.477 e. The molecular formula is C12H10O4. The first-order chi connectivity index (χ1) is 7.65. The van der Waals surface area contributed by atoms with Gasteiger partial charge in [-0.25, -0.2) is 4.79 Å². The smallest absolute Gasteiger partial charge is 0.343 e. The van der Waals surface area contributed by atoms with Crippen LogP contribution in [0.4, 0.5) is 0 Å². The molecule has 0 fully saturated rings. The van der Waals surface area contributed by atoms with E-state index in [4.69, 9.17) is 9.52 Å². The number of carboxylic acids is 1. The summed E-state index contributed by atoms with van der Waals surface area (Å²) in [6.07, 6.45) is 0.377. The molecule has 2 rings (SSSR count). The number of para-hydroxylation sites is 1. The molecule has 16 heavy (non-hydrogen) atoms. The summed E-state index contributed by atoms with van der Waals surface area (Å²) < 4.78 is 5.40. The molecule has 1 aromatic heterocycles. The topological polar surface area (TPSA) is 67.5 Å². The van der Waals surface area contributed by atoms with Crippen LogP contribution in [-0.4, -0.2) is 11.1 Å². The Morgan fingerprint density at radius 3 is 2.69 bits per heavy atom. The van der Waals surface area contributed by atoms with Gasteiger partial charge >= 0.3 is 5.97 Å². The molecule has 4 nitrogen and oxygen atoms in total. The van der Waals surface area contributed by atoms with E-state index in [9.17, 15) is 9.59 Å². The molecule has 0 spiro atoms. The molecule has 0 aliphatic heterocycles. The second kappa shape index (κ2) is 3.81. The number of rotatable bonds is 2. The van der Waals surface area contributed by atoms with Gasteiger partial charge in [0.15, 0.2) is 0 Å². The Morgan fingerprint density at radius 2 is 2.06 bits per heavy atom. The Labute approximate surface area is 91.1 Å². The second-order valence-corrected chi connectivity index (χ2v) is 3.38. The lowest BCUT2D eigenvalue weighted by Gasteiger charge is -2.04. The van der Waals surface area contributed by atoms with Crippen molar-refractivity contribution in [3.8, 4) is 0 Å². The molecule has 0 atom stereocenters. The van der Waals surface area contributed by atoms with Crippen molar-refractivity contribution >= 4 is 16.9 Å². The molecule has 0 bridgehead atoms. The maximum absolute atomic E-state index is 11.9. The van der Waals surface area contributed by atoms with E-state index in [-0.39, 0.29) is 11.3 Å². The van der Waals surface area contributed by atoms with E-state index in [2.05, 4.69) is 0 Å². The van der Waals surface area contributed by atoms with E-state index in [1.165, 1.54) is 0 Å². The summed E-state index contributed by atoms with van der Waals surface area (Å²) in [7, 11) is 0. The second-order valence-electron chi connectivity index (χ2n) is 3.38. The Bertz CT molecular complexity index is 610. The molecule has 0 amide bonds. The first-order valence-electron chi connectivity index (χ1n) is 4.93. The quantitative estimate of drug-likeness (QED) is 0.837. The van der Waals surface area contributed by atoms with Crippen molar-refractivity contribution in [2.75, 3.05) is 0 Å². The van der Waals surface area contributed by atoms with Gasteiger partial charge in [-0.3, -0.25) is 4.79 Å². The maximum atomic E-state index is 11.9. The van der Waals surface area contributed by atoms with Gasteiger partial charge in [0.25, 0.3) is 0 Å². The lowest BCUT2D eigenvalue weighted by atomic mass is 10.1. The van der Waals surface area contributed by atoms with E-state index in [1.54, 1.807) is 31.2 Å². The van der Waals surface area contributed by atoms with Crippen molar-refractivity contribution in [1.29, 1.82) is 0 Å². The molecule has 1 heterocycles. The van der Waals surface area contributed by atoms with Gasteiger partial charge in [-0.1, -0.05) is 19.1 Å². The van der Waals surface area contributed by atoms with Crippen molar-refractivity contribution < 1.29 is 14.3 Å². The van der Waals surface area contributed by atoms with Crippen molar-refractivity contribution in [2.24, 2.45) is 0 Å². The van der Waals surface area contributed by atoms with Gasteiger partial charge < -0.3 is 9.52 Å². The molecule has 0 radical (unpaired) electrons. The summed E-state index contributed by atoms with van der Waals surface area (Å²) in [5, 5.41) is 9.28. The number of fused-ring (bicyclic) bond motifs is 1. The van der Waals surface area contributed by atoms with Crippen LogP contribution in [0.5, 0.6) is 0 Å². The molecule has 0 aliphatic carbocycles. The van der Waals surface area contributed by atoms with Gasteiger partial charge in [0.05, 0.1) is 5.39 Å². The Kier molecular flexibility index (Phi) is 2.48. The summed E-state index contributed by atoms with van der Waals surface area (Å²) in [5.74, 6) is -1.02. The predicted molar refractivity (Wildman–Crippen MR) is 58.8 cm³/mol. The minimum absolute atomic E-state index is 0.219. The Morgan fingerprint density at radius 1 is 1.38 bits per heavy atom. The summed E-state index contributed by atoms with van der Waals surface area (Å²) in [6, 6.07) is 6.64. The first kappa shape index (κ1) is 10.4. The molecule has 0 unspecified atom stereocenters. The molecule has 0 aliphatic rings. The highest BCUT2D eigenvalue weighted by atomic mass is 16.4. The van der Waals surface area contributed by atoms with E-state index >= 15 is 0 Å². The third-order valence-corrected chi connectivity index (χ3v) is 2.41.